The van der Waals surface area contributed by atoms with Gasteiger partial charge in [-0.05, 0) is 137 Å². The van der Waals surface area contributed by atoms with Gasteiger partial charge in [-0.15, -0.1) is 0 Å². The first-order valence-electron chi connectivity index (χ1n) is 23.1. The number of ether oxygens (including phenoxy) is 1. The molecule has 2 amide bonds. The molecule has 2 saturated heterocycles. The van der Waals surface area contributed by atoms with E-state index in [2.05, 4.69) is 32.7 Å². The molecular formula is C47H58ClN9O7S. The lowest BCUT2D eigenvalue weighted by molar-refractivity contribution is -0.135. The van der Waals surface area contributed by atoms with E-state index in [1.807, 2.05) is 13.0 Å². The number of sulfonamides is 1. The summed E-state index contributed by atoms with van der Waals surface area (Å²) in [6.07, 6.45) is 12.3. The number of aryl methyl sites for hydroxylation is 2. The van der Waals surface area contributed by atoms with E-state index in [0.29, 0.717) is 58.6 Å². The molecule has 4 aliphatic rings. The van der Waals surface area contributed by atoms with Crippen LogP contribution in [0.15, 0.2) is 63.1 Å². The molecule has 0 radical (unpaired) electrons. The van der Waals surface area contributed by atoms with Gasteiger partial charge < -0.3 is 15.0 Å². The van der Waals surface area contributed by atoms with E-state index in [0.717, 1.165) is 89.4 Å². The number of carbonyl (C=O) groups is 2. The lowest BCUT2D eigenvalue weighted by Gasteiger charge is -2.36. The number of piperidine rings is 2. The minimum atomic E-state index is -3.77. The highest BCUT2D eigenvalue weighted by Crippen LogP contribution is 2.35. The number of hydrogen-bond donors (Lipinski definition) is 2. The zero-order valence-corrected chi connectivity index (χ0v) is 38.9. The number of likely N-dealkylation sites (N-methyl/N-ethyl adjacent to an activating group) is 1. The van der Waals surface area contributed by atoms with Crippen molar-refractivity contribution >= 4 is 67.1 Å². The van der Waals surface area contributed by atoms with Crippen LogP contribution in [0.2, 0.25) is 5.02 Å². The van der Waals surface area contributed by atoms with Crippen molar-refractivity contribution in [3.8, 4) is 0 Å². The second-order valence-electron chi connectivity index (χ2n) is 18.5. The first-order chi connectivity index (χ1) is 31.2. The SMILES string of the molecule is Cc1cc(S(=O)(=O)N(C)CCOC2CCC(CN3CCC(c4ccc5c(c4)n(C)c(=O)n5C4CCC(=O)NC4=O)CC3)CC2)ccc1Nc1ncc2cc(Cl)c(=O)n(C3CCCC3)c2n1. The van der Waals surface area contributed by atoms with E-state index in [1.54, 1.807) is 53.7 Å². The van der Waals surface area contributed by atoms with Gasteiger partial charge in [0.15, 0.2) is 0 Å². The van der Waals surface area contributed by atoms with Crippen molar-refractivity contribution in [3.63, 3.8) is 0 Å². The maximum absolute atomic E-state index is 13.6. The molecule has 0 bridgehead atoms. The van der Waals surface area contributed by atoms with Crippen molar-refractivity contribution in [2.45, 2.75) is 113 Å². The number of nitrogens with zero attached hydrogens (tertiary/aromatic N) is 7. The molecule has 2 aliphatic heterocycles. The maximum Gasteiger partial charge on any atom is 0.329 e. The summed E-state index contributed by atoms with van der Waals surface area (Å²) in [4.78, 5) is 62.6. The van der Waals surface area contributed by atoms with Gasteiger partial charge in [0.1, 0.15) is 16.7 Å². The van der Waals surface area contributed by atoms with Crippen molar-refractivity contribution < 1.29 is 22.7 Å². The van der Waals surface area contributed by atoms with Crippen molar-refractivity contribution in [1.82, 2.24) is 38.2 Å². The van der Waals surface area contributed by atoms with Crippen LogP contribution in [0.3, 0.4) is 0 Å². The molecular weight excluding hydrogens is 870 g/mol. The van der Waals surface area contributed by atoms with E-state index in [1.165, 1.54) is 14.4 Å². The number of aromatic nitrogens is 5. The van der Waals surface area contributed by atoms with Gasteiger partial charge in [0.05, 0.1) is 28.6 Å². The quantitative estimate of drug-likeness (QED) is 0.126. The Morgan fingerprint density at radius 2 is 1.66 bits per heavy atom. The second-order valence-corrected chi connectivity index (χ2v) is 21.0. The fraction of sp³-hybridized carbons (Fsp3) is 0.532. The first-order valence-corrected chi connectivity index (χ1v) is 24.9. The number of likely N-dealkylation sites (tertiary alicyclic amines) is 1. The van der Waals surface area contributed by atoms with Crippen LogP contribution in [-0.2, 0) is 31.4 Å². The number of imidazole rings is 1. The Bertz CT molecular complexity index is 2860. The summed E-state index contributed by atoms with van der Waals surface area (Å²) in [6, 6.07) is 12.0. The number of fused-ring (bicyclic) bond motifs is 2. The molecule has 18 heteroatoms. The Morgan fingerprint density at radius 3 is 2.38 bits per heavy atom. The fourth-order valence-corrected chi connectivity index (χ4v) is 12.0. The Hall–Kier alpha value is -4.94. The molecule has 1 unspecified atom stereocenters. The molecule has 2 saturated carbocycles. The van der Waals surface area contributed by atoms with Crippen LogP contribution in [0.5, 0.6) is 0 Å². The zero-order valence-electron chi connectivity index (χ0n) is 37.3. The van der Waals surface area contributed by atoms with Gasteiger partial charge in [0, 0.05) is 56.9 Å². The molecule has 2 N–H and O–H groups in total. The summed E-state index contributed by atoms with van der Waals surface area (Å²) in [5.41, 5.74) is 4.11. The van der Waals surface area contributed by atoms with Gasteiger partial charge in [0.2, 0.25) is 27.8 Å². The summed E-state index contributed by atoms with van der Waals surface area (Å²) >= 11 is 6.30. The van der Waals surface area contributed by atoms with Gasteiger partial charge in [-0.3, -0.25) is 33.4 Å². The highest BCUT2D eigenvalue weighted by Gasteiger charge is 2.33. The van der Waals surface area contributed by atoms with Gasteiger partial charge >= 0.3 is 5.69 Å². The number of rotatable bonds is 13. The van der Waals surface area contributed by atoms with Crippen LogP contribution < -0.4 is 21.9 Å². The summed E-state index contributed by atoms with van der Waals surface area (Å²) in [6.45, 7) is 5.46. The highest BCUT2D eigenvalue weighted by atomic mass is 35.5. The first kappa shape index (κ1) is 45.2. The number of imide groups is 1. The molecule has 65 heavy (non-hydrogen) atoms. The zero-order chi connectivity index (χ0) is 45.6. The van der Waals surface area contributed by atoms with Crippen LogP contribution in [0.4, 0.5) is 11.6 Å². The van der Waals surface area contributed by atoms with Gasteiger partial charge in [-0.25, -0.2) is 18.2 Å². The lowest BCUT2D eigenvalue weighted by atomic mass is 9.85. The third-order valence-electron chi connectivity index (χ3n) is 14.3. The highest BCUT2D eigenvalue weighted by molar-refractivity contribution is 7.89. The van der Waals surface area contributed by atoms with Crippen LogP contribution in [0.1, 0.15) is 106 Å². The predicted octanol–water partition coefficient (Wildman–Crippen LogP) is 6.32. The molecule has 2 aliphatic carbocycles. The molecule has 5 heterocycles. The number of hydrogen-bond acceptors (Lipinski definition) is 11. The number of nitrogens with one attached hydrogen (secondary N) is 2. The Balaban J connectivity index is 0.724. The summed E-state index contributed by atoms with van der Waals surface area (Å²) in [7, 11) is -0.450. The normalized spacial score (nSPS) is 21.8. The number of anilines is 2. The number of benzene rings is 2. The van der Waals surface area contributed by atoms with Crippen molar-refractivity contribution in [2.24, 2.45) is 13.0 Å². The average molecular weight is 929 g/mol. The molecule has 3 aromatic heterocycles. The topological polar surface area (TPSA) is 183 Å². The lowest BCUT2D eigenvalue weighted by Crippen LogP contribution is -2.44. The summed E-state index contributed by atoms with van der Waals surface area (Å²) < 4.78 is 39.7. The van der Waals surface area contributed by atoms with Crippen molar-refractivity contribution in [2.75, 3.05) is 45.2 Å². The molecule has 5 aromatic rings. The minimum Gasteiger partial charge on any atom is -0.377 e. The standard InChI is InChI=1S/C47H58ClN9O7S/c1-29-24-36(13-14-38(29)50-46-49-27-33-25-37(48)45(60)56(43(33)52-46)34-6-4-5-7-34)65(62,63)53(2)22-23-64-35-11-8-30(9-12-35)28-55-20-18-31(19-21-55)32-10-15-39-41(26-32)54(3)47(61)57(39)40-16-17-42(58)51-44(40)59/h10,13-15,24-27,30-31,34-35,40H,4-9,11-12,16-23,28H2,1-3H3,(H,49,50,52)(H,51,58,59). The van der Waals surface area contributed by atoms with Crippen molar-refractivity contribution in [3.05, 3.63) is 85.6 Å². The molecule has 4 fully saturated rings. The summed E-state index contributed by atoms with van der Waals surface area (Å²) in [5, 5.41) is 6.43. The summed E-state index contributed by atoms with van der Waals surface area (Å²) in [5.74, 6) is 0.561. The van der Waals surface area contributed by atoms with E-state index >= 15 is 0 Å². The largest absolute Gasteiger partial charge is 0.377 e. The van der Waals surface area contributed by atoms with Crippen LogP contribution in [0, 0.1) is 12.8 Å². The van der Waals surface area contributed by atoms with E-state index < -0.39 is 22.0 Å². The monoisotopic (exact) mass is 927 g/mol. The van der Waals surface area contributed by atoms with Crippen LogP contribution in [-0.4, -0.2) is 99.0 Å². The van der Waals surface area contributed by atoms with E-state index in [-0.39, 0.29) is 52.2 Å². The Kier molecular flexibility index (Phi) is 13.0. The predicted molar refractivity (Wildman–Crippen MR) is 249 cm³/mol. The molecule has 16 nitrogen and oxygen atoms in total. The number of halogens is 1. The smallest absolute Gasteiger partial charge is 0.329 e. The van der Waals surface area contributed by atoms with Gasteiger partial charge in [0.25, 0.3) is 5.56 Å². The molecule has 1 atom stereocenters. The Morgan fingerprint density at radius 1 is 0.908 bits per heavy atom. The molecule has 9 rings (SSSR count). The third kappa shape index (κ3) is 9.27. The van der Waals surface area contributed by atoms with E-state index in [4.69, 9.17) is 21.3 Å². The average Bonchev–Trinajstić information content (AvgIpc) is 3.91. The van der Waals surface area contributed by atoms with Crippen molar-refractivity contribution in [1.29, 1.82) is 0 Å². The number of carbonyl (C=O) groups excluding carboxylic acids is 2. The van der Waals surface area contributed by atoms with Gasteiger partial charge in [-0.2, -0.15) is 9.29 Å². The number of amides is 2. The minimum absolute atomic E-state index is 0.0386. The molecule has 0 spiro atoms. The van der Waals surface area contributed by atoms with Gasteiger partial charge in [-0.1, -0.05) is 30.5 Å². The molecule has 346 valence electrons. The van der Waals surface area contributed by atoms with Crippen LogP contribution in [0.25, 0.3) is 22.1 Å². The maximum atomic E-state index is 13.6. The second kappa shape index (κ2) is 18.7. The Labute approximate surface area is 383 Å². The van der Waals surface area contributed by atoms with E-state index in [9.17, 15) is 27.6 Å². The number of pyridine rings is 1. The third-order valence-corrected chi connectivity index (χ3v) is 16.5. The van der Waals surface area contributed by atoms with Crippen LogP contribution >= 0.6 is 11.6 Å². The molecule has 2 aromatic carbocycles. The fourth-order valence-electron chi connectivity index (χ4n) is 10.5.